The van der Waals surface area contributed by atoms with Gasteiger partial charge in [-0.15, -0.1) is 11.3 Å². The molecule has 2 aromatic rings. The molecule has 2 aromatic heterocycles. The maximum Gasteiger partial charge on any atom is 0.282 e. The van der Waals surface area contributed by atoms with Crippen LogP contribution in [0.25, 0.3) is 4.96 Å². The first-order chi connectivity index (χ1) is 9.16. The van der Waals surface area contributed by atoms with Crippen LogP contribution in [0.15, 0.2) is 16.4 Å². The molecule has 100 valence electrons. The van der Waals surface area contributed by atoms with E-state index in [2.05, 4.69) is 10.3 Å². The SMILES string of the molecule is Cc1nc2sccn2c(=O)c1NC(=O)C1CCCC1. The van der Waals surface area contributed by atoms with Gasteiger partial charge in [0.15, 0.2) is 4.96 Å². The van der Waals surface area contributed by atoms with Gasteiger partial charge in [0, 0.05) is 17.5 Å². The highest BCUT2D eigenvalue weighted by Crippen LogP contribution is 2.26. The average Bonchev–Trinajstić information content (AvgIpc) is 3.04. The Hall–Kier alpha value is -1.69. The molecule has 5 nitrogen and oxygen atoms in total. The van der Waals surface area contributed by atoms with Crippen LogP contribution < -0.4 is 10.9 Å². The van der Waals surface area contributed by atoms with Crippen LogP contribution in [0.2, 0.25) is 0 Å². The topological polar surface area (TPSA) is 63.5 Å². The number of fused-ring (bicyclic) bond motifs is 1. The molecule has 6 heteroatoms. The molecule has 0 spiro atoms. The molecule has 0 aliphatic heterocycles. The van der Waals surface area contributed by atoms with Gasteiger partial charge in [-0.05, 0) is 19.8 Å². The third-order valence-corrected chi connectivity index (χ3v) is 4.38. The molecule has 2 heterocycles. The number of anilines is 1. The number of thiazole rings is 1. The Morgan fingerprint density at radius 2 is 2.21 bits per heavy atom. The number of nitrogens with zero attached hydrogens (tertiary/aromatic N) is 2. The van der Waals surface area contributed by atoms with Gasteiger partial charge in [0.25, 0.3) is 5.56 Å². The van der Waals surface area contributed by atoms with Crippen molar-refractivity contribution in [1.29, 1.82) is 0 Å². The van der Waals surface area contributed by atoms with Crippen molar-refractivity contribution in [3.63, 3.8) is 0 Å². The summed E-state index contributed by atoms with van der Waals surface area (Å²) >= 11 is 1.41. The number of rotatable bonds is 2. The van der Waals surface area contributed by atoms with Crippen LogP contribution in [0, 0.1) is 12.8 Å². The summed E-state index contributed by atoms with van der Waals surface area (Å²) < 4.78 is 1.47. The smallest absolute Gasteiger partial charge is 0.282 e. The zero-order valence-corrected chi connectivity index (χ0v) is 11.5. The van der Waals surface area contributed by atoms with Crippen molar-refractivity contribution in [2.75, 3.05) is 5.32 Å². The molecule has 0 radical (unpaired) electrons. The minimum Gasteiger partial charge on any atom is -0.320 e. The number of carbonyl (C=O) groups excluding carboxylic acids is 1. The van der Waals surface area contributed by atoms with Gasteiger partial charge in [-0.2, -0.15) is 0 Å². The average molecular weight is 277 g/mol. The van der Waals surface area contributed by atoms with E-state index < -0.39 is 0 Å². The number of aromatic nitrogens is 2. The normalized spacial score (nSPS) is 16.1. The van der Waals surface area contributed by atoms with Gasteiger partial charge in [0.1, 0.15) is 5.69 Å². The Bertz CT molecular complexity index is 683. The highest BCUT2D eigenvalue weighted by atomic mass is 32.1. The Balaban J connectivity index is 1.95. The van der Waals surface area contributed by atoms with Gasteiger partial charge in [0.2, 0.25) is 5.91 Å². The van der Waals surface area contributed by atoms with Gasteiger partial charge in [-0.3, -0.25) is 14.0 Å². The van der Waals surface area contributed by atoms with E-state index in [1.165, 1.54) is 15.7 Å². The predicted molar refractivity (Wildman–Crippen MR) is 74.7 cm³/mol. The van der Waals surface area contributed by atoms with E-state index in [0.29, 0.717) is 16.3 Å². The van der Waals surface area contributed by atoms with Crippen molar-refractivity contribution in [2.45, 2.75) is 32.6 Å². The molecule has 1 aliphatic rings. The molecular formula is C13H15N3O2S. The Morgan fingerprint density at radius 1 is 1.47 bits per heavy atom. The molecule has 0 atom stereocenters. The van der Waals surface area contributed by atoms with Gasteiger partial charge >= 0.3 is 0 Å². The fourth-order valence-corrected chi connectivity index (χ4v) is 3.29. The lowest BCUT2D eigenvalue weighted by Crippen LogP contribution is -2.27. The van der Waals surface area contributed by atoms with E-state index in [-0.39, 0.29) is 17.4 Å². The molecule has 1 fully saturated rings. The number of amides is 1. The van der Waals surface area contributed by atoms with Crippen LogP contribution >= 0.6 is 11.3 Å². The number of hydrogen-bond acceptors (Lipinski definition) is 4. The second-order valence-corrected chi connectivity index (χ2v) is 5.78. The fraction of sp³-hybridized carbons (Fsp3) is 0.462. The van der Waals surface area contributed by atoms with Crippen LogP contribution in [-0.4, -0.2) is 15.3 Å². The monoisotopic (exact) mass is 277 g/mol. The summed E-state index contributed by atoms with van der Waals surface area (Å²) in [6.07, 6.45) is 5.70. The van der Waals surface area contributed by atoms with Gasteiger partial charge < -0.3 is 5.32 Å². The quantitative estimate of drug-likeness (QED) is 0.915. The van der Waals surface area contributed by atoms with Gasteiger partial charge in [0.05, 0.1) is 5.69 Å². The molecule has 1 aliphatic carbocycles. The fourth-order valence-electron chi connectivity index (χ4n) is 2.54. The van der Waals surface area contributed by atoms with Crippen LogP contribution in [0.1, 0.15) is 31.4 Å². The Morgan fingerprint density at radius 3 is 2.95 bits per heavy atom. The van der Waals surface area contributed by atoms with E-state index >= 15 is 0 Å². The summed E-state index contributed by atoms with van der Waals surface area (Å²) in [6, 6.07) is 0. The summed E-state index contributed by atoms with van der Waals surface area (Å²) in [7, 11) is 0. The van der Waals surface area contributed by atoms with Crippen molar-refractivity contribution in [3.8, 4) is 0 Å². The summed E-state index contributed by atoms with van der Waals surface area (Å²) in [5, 5.41) is 4.58. The molecule has 0 unspecified atom stereocenters. The zero-order valence-electron chi connectivity index (χ0n) is 10.7. The van der Waals surface area contributed by atoms with Crippen LogP contribution in [0.3, 0.4) is 0 Å². The van der Waals surface area contributed by atoms with Crippen LogP contribution in [-0.2, 0) is 4.79 Å². The lowest BCUT2D eigenvalue weighted by atomic mass is 10.1. The number of aryl methyl sites for hydroxylation is 1. The minimum absolute atomic E-state index is 0.0435. The number of carbonyl (C=O) groups is 1. The summed E-state index contributed by atoms with van der Waals surface area (Å²) in [5.74, 6) is -0.00310. The molecule has 1 N–H and O–H groups in total. The lowest BCUT2D eigenvalue weighted by Gasteiger charge is -2.11. The van der Waals surface area contributed by atoms with Gasteiger partial charge in [-0.1, -0.05) is 12.8 Å². The van der Waals surface area contributed by atoms with Crippen molar-refractivity contribution in [2.24, 2.45) is 5.92 Å². The van der Waals surface area contributed by atoms with E-state index in [9.17, 15) is 9.59 Å². The maximum atomic E-state index is 12.3. The molecule has 0 bridgehead atoms. The van der Waals surface area contributed by atoms with Crippen molar-refractivity contribution in [1.82, 2.24) is 9.38 Å². The summed E-state index contributed by atoms with van der Waals surface area (Å²) in [5.41, 5.74) is 0.696. The first-order valence-corrected chi connectivity index (χ1v) is 7.32. The predicted octanol–water partition coefficient (Wildman–Crippen LogP) is 2.19. The largest absolute Gasteiger partial charge is 0.320 e. The van der Waals surface area contributed by atoms with E-state index in [4.69, 9.17) is 0 Å². The van der Waals surface area contributed by atoms with Crippen molar-refractivity contribution < 1.29 is 4.79 Å². The Labute approximate surface area is 114 Å². The molecule has 0 aromatic carbocycles. The van der Waals surface area contributed by atoms with E-state index in [1.807, 2.05) is 5.38 Å². The number of hydrogen-bond donors (Lipinski definition) is 1. The molecule has 0 saturated heterocycles. The van der Waals surface area contributed by atoms with Crippen LogP contribution in [0.5, 0.6) is 0 Å². The molecule has 1 amide bonds. The van der Waals surface area contributed by atoms with E-state index in [1.54, 1.807) is 13.1 Å². The first kappa shape index (κ1) is 12.3. The van der Waals surface area contributed by atoms with E-state index in [0.717, 1.165) is 25.7 Å². The standard InChI is InChI=1S/C13H15N3O2S/c1-8-10(15-11(17)9-4-2-3-5-9)12(18)16-6-7-19-13(16)14-8/h6-7,9H,2-5H2,1H3,(H,15,17). The molecule has 19 heavy (non-hydrogen) atoms. The highest BCUT2D eigenvalue weighted by molar-refractivity contribution is 7.15. The zero-order chi connectivity index (χ0) is 13.4. The van der Waals surface area contributed by atoms with Crippen molar-refractivity contribution >= 4 is 27.9 Å². The molecule has 3 rings (SSSR count). The summed E-state index contributed by atoms with van der Waals surface area (Å²) in [4.78, 5) is 29.4. The third-order valence-electron chi connectivity index (χ3n) is 3.62. The van der Waals surface area contributed by atoms with Gasteiger partial charge in [-0.25, -0.2) is 4.98 Å². The van der Waals surface area contributed by atoms with Crippen molar-refractivity contribution in [3.05, 3.63) is 27.6 Å². The molecular weight excluding hydrogens is 262 g/mol. The second kappa shape index (κ2) is 4.77. The summed E-state index contributed by atoms with van der Waals surface area (Å²) in [6.45, 7) is 1.76. The lowest BCUT2D eigenvalue weighted by molar-refractivity contribution is -0.119. The third kappa shape index (κ3) is 2.16. The number of nitrogens with one attached hydrogen (secondary N) is 1. The first-order valence-electron chi connectivity index (χ1n) is 6.44. The maximum absolute atomic E-state index is 12.3. The molecule has 1 saturated carbocycles. The minimum atomic E-state index is -0.199. The Kier molecular flexibility index (Phi) is 3.10. The van der Waals surface area contributed by atoms with Crippen LogP contribution in [0.4, 0.5) is 5.69 Å². The second-order valence-electron chi connectivity index (χ2n) is 4.90. The highest BCUT2D eigenvalue weighted by Gasteiger charge is 2.24.